The van der Waals surface area contributed by atoms with Crippen LogP contribution in [-0.2, 0) is 11.2 Å². The largest absolute Gasteiger partial charge is 0.478 e. The van der Waals surface area contributed by atoms with Crippen LogP contribution in [0.25, 0.3) is 5.70 Å². The van der Waals surface area contributed by atoms with E-state index in [0.29, 0.717) is 0 Å². The van der Waals surface area contributed by atoms with E-state index < -0.39 is 5.97 Å². The molecule has 0 amide bonds. The Bertz CT molecular complexity index is 697. The van der Waals surface area contributed by atoms with Crippen LogP contribution in [0.5, 0.6) is 0 Å². The summed E-state index contributed by atoms with van der Waals surface area (Å²) < 4.78 is 0. The maximum Gasteiger partial charge on any atom is 0.335 e. The molecule has 2 N–H and O–H groups in total. The second-order valence-corrected chi connectivity index (χ2v) is 7.66. The number of carboxylic acids is 1. The number of benzene rings is 1. The minimum Gasteiger partial charge on any atom is -0.478 e. The van der Waals surface area contributed by atoms with E-state index >= 15 is 0 Å². The molecule has 0 saturated heterocycles. The molecule has 4 nitrogen and oxygen atoms in total. The standard InChI is InChI=1S/C20H25NO3/c1-20(2)12-15-9-8-14(19(23)24)10-16(15)17(21-20)11-18(22)13-6-4-3-5-7-13/h8-11,13,21H,3-7,12H2,1-2H3,(H,23,24). The predicted octanol–water partition coefficient (Wildman–Crippen LogP) is 3.80. The first-order valence-electron chi connectivity index (χ1n) is 8.76. The zero-order chi connectivity index (χ0) is 17.3. The fourth-order valence-electron chi connectivity index (χ4n) is 3.83. The van der Waals surface area contributed by atoms with Crippen LogP contribution in [0.3, 0.4) is 0 Å². The summed E-state index contributed by atoms with van der Waals surface area (Å²) in [6.45, 7) is 4.19. The molecule has 2 aliphatic rings. The Balaban J connectivity index is 1.97. The summed E-state index contributed by atoms with van der Waals surface area (Å²) in [7, 11) is 0. The van der Waals surface area contributed by atoms with Gasteiger partial charge >= 0.3 is 5.97 Å². The summed E-state index contributed by atoms with van der Waals surface area (Å²) in [5.41, 5.74) is 2.80. The van der Waals surface area contributed by atoms with E-state index in [2.05, 4.69) is 19.2 Å². The van der Waals surface area contributed by atoms with Crippen molar-refractivity contribution in [1.82, 2.24) is 5.32 Å². The van der Waals surface area contributed by atoms with E-state index in [9.17, 15) is 14.7 Å². The number of allylic oxidation sites excluding steroid dienone is 1. The lowest BCUT2D eigenvalue weighted by atomic mass is 9.82. The summed E-state index contributed by atoms with van der Waals surface area (Å²) in [4.78, 5) is 24.0. The Morgan fingerprint density at radius 1 is 1.21 bits per heavy atom. The number of hydrogen-bond donors (Lipinski definition) is 2. The van der Waals surface area contributed by atoms with Crippen LogP contribution in [-0.4, -0.2) is 22.4 Å². The molecule has 1 saturated carbocycles. The highest BCUT2D eigenvalue weighted by Crippen LogP contribution is 2.32. The molecule has 0 atom stereocenters. The van der Waals surface area contributed by atoms with E-state index in [4.69, 9.17) is 0 Å². The van der Waals surface area contributed by atoms with Gasteiger partial charge in [-0.2, -0.15) is 0 Å². The van der Waals surface area contributed by atoms with Gasteiger partial charge in [0.15, 0.2) is 5.78 Å². The van der Waals surface area contributed by atoms with Crippen LogP contribution in [0, 0.1) is 5.92 Å². The quantitative estimate of drug-likeness (QED) is 0.829. The number of ketones is 1. The van der Waals surface area contributed by atoms with Gasteiger partial charge in [-0.3, -0.25) is 4.79 Å². The van der Waals surface area contributed by atoms with Gasteiger partial charge in [0.25, 0.3) is 0 Å². The molecular formula is C20H25NO3. The molecule has 1 aliphatic heterocycles. The normalized spacial score (nSPS) is 21.8. The Morgan fingerprint density at radius 2 is 1.92 bits per heavy atom. The minimum atomic E-state index is -0.944. The fourth-order valence-corrected chi connectivity index (χ4v) is 3.83. The molecule has 4 heteroatoms. The van der Waals surface area contributed by atoms with Crippen molar-refractivity contribution < 1.29 is 14.7 Å². The molecule has 0 aromatic heterocycles. The molecule has 1 fully saturated rings. The van der Waals surface area contributed by atoms with Crippen molar-refractivity contribution in [3.8, 4) is 0 Å². The van der Waals surface area contributed by atoms with Gasteiger partial charge in [0, 0.05) is 28.8 Å². The van der Waals surface area contributed by atoms with Gasteiger partial charge in [-0.15, -0.1) is 0 Å². The molecule has 0 unspecified atom stereocenters. The van der Waals surface area contributed by atoms with Crippen molar-refractivity contribution in [1.29, 1.82) is 0 Å². The molecule has 1 aromatic carbocycles. The molecule has 3 rings (SSSR count). The first-order valence-corrected chi connectivity index (χ1v) is 8.76. The first-order chi connectivity index (χ1) is 11.4. The molecule has 1 heterocycles. The molecule has 1 aromatic rings. The van der Waals surface area contributed by atoms with Crippen LogP contribution in [0.15, 0.2) is 24.3 Å². The number of hydrogen-bond acceptors (Lipinski definition) is 3. The average molecular weight is 327 g/mol. The van der Waals surface area contributed by atoms with Gasteiger partial charge in [0.05, 0.1) is 5.56 Å². The maximum atomic E-state index is 12.7. The van der Waals surface area contributed by atoms with Gasteiger partial charge in [-0.05, 0) is 50.8 Å². The maximum absolute atomic E-state index is 12.7. The fraction of sp³-hybridized carbons (Fsp3) is 0.500. The van der Waals surface area contributed by atoms with Gasteiger partial charge < -0.3 is 10.4 Å². The zero-order valence-electron chi connectivity index (χ0n) is 14.4. The number of rotatable bonds is 3. The van der Waals surface area contributed by atoms with Crippen LogP contribution < -0.4 is 5.32 Å². The number of carbonyl (C=O) groups excluding carboxylic acids is 1. The van der Waals surface area contributed by atoms with Crippen LogP contribution in [0.4, 0.5) is 0 Å². The third kappa shape index (κ3) is 3.53. The smallest absolute Gasteiger partial charge is 0.335 e. The Labute approximate surface area is 143 Å². The predicted molar refractivity (Wildman–Crippen MR) is 93.9 cm³/mol. The highest BCUT2D eigenvalue weighted by molar-refractivity contribution is 5.99. The Hall–Kier alpha value is -2.10. The highest BCUT2D eigenvalue weighted by Gasteiger charge is 2.29. The molecule has 0 bridgehead atoms. The number of carbonyl (C=O) groups is 2. The van der Waals surface area contributed by atoms with Crippen molar-refractivity contribution in [2.24, 2.45) is 5.92 Å². The lowest BCUT2D eigenvalue weighted by Crippen LogP contribution is -2.44. The summed E-state index contributed by atoms with van der Waals surface area (Å²) in [5.74, 6) is -0.661. The van der Waals surface area contributed by atoms with E-state index in [1.807, 2.05) is 6.07 Å². The van der Waals surface area contributed by atoms with Crippen molar-refractivity contribution in [3.63, 3.8) is 0 Å². The number of carboxylic acid groups (broad SMARTS) is 1. The molecule has 0 radical (unpaired) electrons. The number of fused-ring (bicyclic) bond motifs is 1. The molecule has 1 aliphatic carbocycles. The summed E-state index contributed by atoms with van der Waals surface area (Å²) in [6.07, 6.45) is 7.91. The average Bonchev–Trinajstić information content (AvgIpc) is 2.54. The number of aromatic carboxylic acids is 1. The topological polar surface area (TPSA) is 66.4 Å². The second-order valence-electron chi connectivity index (χ2n) is 7.66. The lowest BCUT2D eigenvalue weighted by Gasteiger charge is -2.36. The van der Waals surface area contributed by atoms with Crippen molar-refractivity contribution in [2.75, 3.05) is 0 Å². The van der Waals surface area contributed by atoms with E-state index in [1.54, 1.807) is 18.2 Å². The van der Waals surface area contributed by atoms with Crippen LogP contribution in [0.2, 0.25) is 0 Å². The van der Waals surface area contributed by atoms with E-state index in [1.165, 1.54) is 6.42 Å². The van der Waals surface area contributed by atoms with E-state index in [0.717, 1.165) is 48.9 Å². The van der Waals surface area contributed by atoms with Crippen molar-refractivity contribution >= 4 is 17.4 Å². The summed E-state index contributed by atoms with van der Waals surface area (Å²) in [6, 6.07) is 5.20. The first kappa shape index (κ1) is 16.7. The van der Waals surface area contributed by atoms with Crippen LogP contribution in [0.1, 0.15) is 67.4 Å². The SMILES string of the molecule is CC1(C)Cc2ccc(C(=O)O)cc2C(=CC(=O)C2CCCCC2)N1. The summed E-state index contributed by atoms with van der Waals surface area (Å²) >= 11 is 0. The molecule has 0 spiro atoms. The molecule has 24 heavy (non-hydrogen) atoms. The molecular weight excluding hydrogens is 302 g/mol. The minimum absolute atomic E-state index is 0.115. The van der Waals surface area contributed by atoms with Gasteiger partial charge in [-0.1, -0.05) is 25.3 Å². The Morgan fingerprint density at radius 3 is 2.58 bits per heavy atom. The zero-order valence-corrected chi connectivity index (χ0v) is 14.4. The Kier molecular flexibility index (Phi) is 4.48. The third-order valence-corrected chi connectivity index (χ3v) is 5.05. The van der Waals surface area contributed by atoms with Crippen molar-refractivity contribution in [3.05, 3.63) is 41.0 Å². The number of nitrogens with one attached hydrogen (secondary N) is 1. The van der Waals surface area contributed by atoms with Gasteiger partial charge in [0.1, 0.15) is 0 Å². The highest BCUT2D eigenvalue weighted by atomic mass is 16.4. The lowest BCUT2D eigenvalue weighted by molar-refractivity contribution is -0.119. The summed E-state index contributed by atoms with van der Waals surface area (Å²) in [5, 5.41) is 12.7. The monoisotopic (exact) mass is 327 g/mol. The van der Waals surface area contributed by atoms with Gasteiger partial charge in [-0.25, -0.2) is 4.79 Å². The van der Waals surface area contributed by atoms with Crippen molar-refractivity contribution in [2.45, 2.75) is 57.9 Å². The second kappa shape index (κ2) is 6.42. The van der Waals surface area contributed by atoms with E-state index in [-0.39, 0.29) is 22.8 Å². The third-order valence-electron chi connectivity index (χ3n) is 5.05. The van der Waals surface area contributed by atoms with Crippen LogP contribution >= 0.6 is 0 Å². The molecule has 128 valence electrons. The van der Waals surface area contributed by atoms with Gasteiger partial charge in [0.2, 0.25) is 0 Å².